The lowest BCUT2D eigenvalue weighted by Crippen LogP contribution is -2.42. The van der Waals surface area contributed by atoms with Crippen LogP contribution in [0.15, 0.2) is 22.9 Å². The molecule has 2 aromatic heterocycles. The van der Waals surface area contributed by atoms with E-state index in [1.165, 1.54) is 0 Å². The summed E-state index contributed by atoms with van der Waals surface area (Å²) in [4.78, 5) is 31.4. The second-order valence-electron chi connectivity index (χ2n) is 8.24. The molecular formula is C22H30N4O3. The number of nitrogens with zero attached hydrogens (tertiary/aromatic N) is 3. The van der Waals surface area contributed by atoms with E-state index in [0.717, 1.165) is 29.9 Å². The maximum Gasteiger partial charge on any atom is 0.255 e. The topological polar surface area (TPSA) is 88.3 Å². The summed E-state index contributed by atoms with van der Waals surface area (Å²) in [5.41, 5.74) is 2.41. The van der Waals surface area contributed by atoms with Crippen molar-refractivity contribution in [3.8, 4) is 0 Å². The Morgan fingerprint density at radius 2 is 2.10 bits per heavy atom. The molecule has 29 heavy (non-hydrogen) atoms. The van der Waals surface area contributed by atoms with Crippen molar-refractivity contribution in [3.05, 3.63) is 40.9 Å². The molecule has 1 atom stereocenters. The van der Waals surface area contributed by atoms with Crippen LogP contribution in [0.1, 0.15) is 60.5 Å². The maximum absolute atomic E-state index is 12.9. The average Bonchev–Trinajstić information content (AvgIpc) is 3.03. The van der Waals surface area contributed by atoms with E-state index >= 15 is 0 Å². The lowest BCUT2D eigenvalue weighted by Gasteiger charge is -2.32. The monoisotopic (exact) mass is 398 g/mol. The molecule has 0 saturated carbocycles. The number of Topliss-reactive ketones (excluding diaryl/α,β-unsaturated/α-hetero) is 1. The first-order valence-corrected chi connectivity index (χ1v) is 10.3. The number of aryl methyl sites for hydroxylation is 2. The number of rotatable bonds is 7. The van der Waals surface area contributed by atoms with Crippen molar-refractivity contribution in [2.24, 2.45) is 11.8 Å². The average molecular weight is 399 g/mol. The highest BCUT2D eigenvalue weighted by atomic mass is 16.5. The molecule has 0 radical (unpaired) electrons. The highest BCUT2D eigenvalue weighted by molar-refractivity contribution is 5.94. The molecular weight excluding hydrogens is 368 g/mol. The molecule has 0 bridgehead atoms. The molecule has 156 valence electrons. The summed E-state index contributed by atoms with van der Waals surface area (Å²) in [6.45, 7) is 9.65. The number of hydrogen-bond acceptors (Lipinski definition) is 6. The van der Waals surface area contributed by atoms with Gasteiger partial charge in [0, 0.05) is 43.7 Å². The molecule has 1 saturated heterocycles. The van der Waals surface area contributed by atoms with Crippen molar-refractivity contribution in [2.45, 2.75) is 53.5 Å². The van der Waals surface area contributed by atoms with Crippen LogP contribution in [-0.4, -0.2) is 39.8 Å². The number of anilines is 1. The Balaban J connectivity index is 1.59. The fourth-order valence-electron chi connectivity index (χ4n) is 3.73. The first kappa shape index (κ1) is 21.0. The largest absolute Gasteiger partial charge is 0.366 e. The molecule has 2 aromatic rings. The zero-order valence-corrected chi connectivity index (χ0v) is 17.7. The number of aromatic nitrogens is 2. The van der Waals surface area contributed by atoms with Crippen molar-refractivity contribution in [3.63, 3.8) is 0 Å². The number of likely N-dealkylation sites (tertiary alicyclic amines) is 1. The van der Waals surface area contributed by atoms with E-state index < -0.39 is 0 Å². The molecule has 7 nitrogen and oxygen atoms in total. The Morgan fingerprint density at radius 3 is 2.72 bits per heavy atom. The summed E-state index contributed by atoms with van der Waals surface area (Å²) in [5.74, 6) is 1.99. The minimum Gasteiger partial charge on any atom is -0.366 e. The maximum atomic E-state index is 12.9. The Labute approximate surface area is 171 Å². The quantitative estimate of drug-likeness (QED) is 0.764. The highest BCUT2D eigenvalue weighted by Crippen LogP contribution is 2.22. The first-order chi connectivity index (χ1) is 13.8. The van der Waals surface area contributed by atoms with Crippen LogP contribution in [0.5, 0.6) is 0 Å². The SMILES string of the molecule is Cc1noc(C)c1CNc1ccc(C(=O)N2CCC[C@@H](C(=O)CC(C)C)C2)cn1. The predicted octanol–water partition coefficient (Wildman–Crippen LogP) is 3.77. The van der Waals surface area contributed by atoms with Crippen LogP contribution < -0.4 is 5.32 Å². The summed E-state index contributed by atoms with van der Waals surface area (Å²) >= 11 is 0. The smallest absolute Gasteiger partial charge is 0.255 e. The van der Waals surface area contributed by atoms with Crippen molar-refractivity contribution in [1.82, 2.24) is 15.0 Å². The molecule has 7 heteroatoms. The number of carbonyl (C=O) groups is 2. The zero-order valence-electron chi connectivity index (χ0n) is 17.7. The molecule has 0 aromatic carbocycles. The van der Waals surface area contributed by atoms with Gasteiger partial charge in [0.1, 0.15) is 17.4 Å². The van der Waals surface area contributed by atoms with E-state index in [4.69, 9.17) is 4.52 Å². The Morgan fingerprint density at radius 1 is 1.31 bits per heavy atom. The number of piperidine rings is 1. The van der Waals surface area contributed by atoms with Gasteiger partial charge in [-0.05, 0) is 44.7 Å². The zero-order chi connectivity index (χ0) is 21.0. The summed E-state index contributed by atoms with van der Waals surface area (Å²) in [7, 11) is 0. The van der Waals surface area contributed by atoms with E-state index in [9.17, 15) is 9.59 Å². The van der Waals surface area contributed by atoms with Crippen molar-refractivity contribution in [2.75, 3.05) is 18.4 Å². The lowest BCUT2D eigenvalue weighted by atomic mass is 9.89. The number of carbonyl (C=O) groups excluding carboxylic acids is 2. The summed E-state index contributed by atoms with van der Waals surface area (Å²) < 4.78 is 5.16. The summed E-state index contributed by atoms with van der Waals surface area (Å²) in [6.07, 6.45) is 3.92. The highest BCUT2D eigenvalue weighted by Gasteiger charge is 2.29. The van der Waals surface area contributed by atoms with Crippen LogP contribution in [0.3, 0.4) is 0 Å². The standard InChI is InChI=1S/C22H30N4O3/c1-14(2)10-20(27)18-6-5-9-26(13-18)22(28)17-7-8-21(23-11-17)24-12-19-15(3)25-29-16(19)4/h7-8,11,14,18H,5-6,9-10,12-13H2,1-4H3,(H,23,24)/t18-/m1/s1. The van der Waals surface area contributed by atoms with Gasteiger partial charge in [0.2, 0.25) is 0 Å². The normalized spacial score (nSPS) is 16.9. The van der Waals surface area contributed by atoms with Crippen LogP contribution in [0, 0.1) is 25.7 Å². The lowest BCUT2D eigenvalue weighted by molar-refractivity contribution is -0.124. The molecule has 3 heterocycles. The van der Waals surface area contributed by atoms with Gasteiger partial charge in [-0.3, -0.25) is 9.59 Å². The van der Waals surface area contributed by atoms with Crippen molar-refractivity contribution in [1.29, 1.82) is 0 Å². The van der Waals surface area contributed by atoms with Crippen molar-refractivity contribution >= 4 is 17.5 Å². The van der Waals surface area contributed by atoms with Crippen molar-refractivity contribution < 1.29 is 14.1 Å². The van der Waals surface area contributed by atoms with E-state index in [1.807, 2.05) is 13.8 Å². The minimum absolute atomic E-state index is 0.0425. The third kappa shape index (κ3) is 5.22. The van der Waals surface area contributed by atoms with Gasteiger partial charge in [0.05, 0.1) is 11.3 Å². The van der Waals surface area contributed by atoms with E-state index in [0.29, 0.717) is 43.4 Å². The molecule has 1 aliphatic heterocycles. The van der Waals surface area contributed by atoms with Gasteiger partial charge in [-0.15, -0.1) is 0 Å². The second-order valence-corrected chi connectivity index (χ2v) is 8.24. The third-order valence-electron chi connectivity index (χ3n) is 5.41. The minimum atomic E-state index is -0.0585. The number of hydrogen-bond donors (Lipinski definition) is 1. The molecule has 0 aliphatic carbocycles. The Bertz CT molecular complexity index is 838. The molecule has 0 spiro atoms. The van der Waals surface area contributed by atoms with Crippen LogP contribution >= 0.6 is 0 Å². The number of pyridine rings is 1. The number of ketones is 1. The van der Waals surface area contributed by atoms with Crippen LogP contribution in [-0.2, 0) is 11.3 Å². The fourth-order valence-corrected chi connectivity index (χ4v) is 3.73. The van der Waals surface area contributed by atoms with Crippen LogP contribution in [0.25, 0.3) is 0 Å². The molecule has 1 fully saturated rings. The number of amides is 1. The van der Waals surface area contributed by atoms with E-state index in [1.54, 1.807) is 23.2 Å². The predicted molar refractivity (Wildman–Crippen MR) is 111 cm³/mol. The third-order valence-corrected chi connectivity index (χ3v) is 5.41. The summed E-state index contributed by atoms with van der Waals surface area (Å²) in [5, 5.41) is 7.18. The van der Waals surface area contributed by atoms with Gasteiger partial charge in [0.25, 0.3) is 5.91 Å². The molecule has 3 rings (SSSR count). The van der Waals surface area contributed by atoms with Gasteiger partial charge in [-0.1, -0.05) is 19.0 Å². The van der Waals surface area contributed by atoms with E-state index in [-0.39, 0.29) is 17.6 Å². The molecule has 1 N–H and O–H groups in total. The van der Waals surface area contributed by atoms with Gasteiger partial charge in [-0.25, -0.2) is 4.98 Å². The summed E-state index contributed by atoms with van der Waals surface area (Å²) in [6, 6.07) is 3.58. The molecule has 0 unspecified atom stereocenters. The molecule has 1 amide bonds. The molecule has 1 aliphatic rings. The van der Waals surface area contributed by atoms with Gasteiger partial charge < -0.3 is 14.7 Å². The Kier molecular flexibility index (Phi) is 6.67. The first-order valence-electron chi connectivity index (χ1n) is 10.3. The van der Waals surface area contributed by atoms with Gasteiger partial charge in [-0.2, -0.15) is 0 Å². The van der Waals surface area contributed by atoms with Gasteiger partial charge in [0.15, 0.2) is 0 Å². The fraction of sp³-hybridized carbons (Fsp3) is 0.545. The van der Waals surface area contributed by atoms with Gasteiger partial charge >= 0.3 is 0 Å². The number of nitrogens with one attached hydrogen (secondary N) is 1. The Hall–Kier alpha value is -2.70. The van der Waals surface area contributed by atoms with Crippen LogP contribution in [0.4, 0.5) is 5.82 Å². The van der Waals surface area contributed by atoms with E-state index in [2.05, 4.69) is 29.3 Å². The second kappa shape index (κ2) is 9.20. The van der Waals surface area contributed by atoms with Crippen LogP contribution in [0.2, 0.25) is 0 Å².